The zero-order chi connectivity index (χ0) is 26.1. The van der Waals surface area contributed by atoms with Crippen molar-refractivity contribution in [3.8, 4) is 11.1 Å². The van der Waals surface area contributed by atoms with Gasteiger partial charge in [0.1, 0.15) is 11.9 Å². The van der Waals surface area contributed by atoms with Crippen molar-refractivity contribution < 1.29 is 26.0 Å². The lowest BCUT2D eigenvalue weighted by molar-refractivity contribution is -0.118. The van der Waals surface area contributed by atoms with Crippen molar-refractivity contribution in [3.63, 3.8) is 0 Å². The molecule has 3 aromatic rings. The van der Waals surface area contributed by atoms with Gasteiger partial charge in [0.05, 0.1) is 14.9 Å². The van der Waals surface area contributed by atoms with E-state index < -0.39 is 37.8 Å². The van der Waals surface area contributed by atoms with Crippen LogP contribution in [0, 0.1) is 5.82 Å². The van der Waals surface area contributed by atoms with Crippen LogP contribution in [0.1, 0.15) is 11.3 Å². The molecule has 1 amide bonds. The Bertz CT molecular complexity index is 1550. The first-order chi connectivity index (χ1) is 17.0. The minimum atomic E-state index is -3.94. The number of hydrogen-bond donors (Lipinski definition) is 2. The Kier molecular flexibility index (Phi) is 7.64. The van der Waals surface area contributed by atoms with Gasteiger partial charge in [-0.2, -0.15) is 4.72 Å². The third-order valence-electron chi connectivity index (χ3n) is 5.51. The monoisotopic (exact) mass is 569 g/mol. The second-order valence-corrected chi connectivity index (χ2v) is 13.0. The van der Waals surface area contributed by atoms with E-state index in [0.717, 1.165) is 11.5 Å². The van der Waals surface area contributed by atoms with Crippen LogP contribution in [0.25, 0.3) is 17.2 Å². The van der Waals surface area contributed by atoms with Gasteiger partial charge < -0.3 is 4.90 Å². The molecule has 0 bridgehead atoms. The molecule has 13 heteroatoms. The Hall–Kier alpha value is -2.61. The number of halogens is 2. The standard InChI is InChI=1S/C23H21ClFN3O5S3/c1-26-36(32,33)21-5-3-2-4-17(21)15-6-8-20(18(25)14-15)28-12-10-19(23(28)29)27-35(30,31)13-11-16-7-9-22(24)34-16/h2-9,11,13-14,19,26-27H,10,12H2,1H3/t19-/m0/s1. The zero-order valence-corrected chi connectivity index (χ0v) is 22.0. The van der Waals surface area contributed by atoms with Crippen LogP contribution in [0.2, 0.25) is 4.34 Å². The summed E-state index contributed by atoms with van der Waals surface area (Å²) in [6.45, 7) is 0.108. The van der Waals surface area contributed by atoms with Gasteiger partial charge in [-0.3, -0.25) is 4.79 Å². The molecule has 0 radical (unpaired) electrons. The SMILES string of the molecule is CNS(=O)(=O)c1ccccc1-c1ccc(N2CC[C@H](NS(=O)(=O)C=Cc3ccc(Cl)s3)C2=O)c(F)c1. The Morgan fingerprint density at radius 1 is 1.11 bits per heavy atom. The molecule has 1 saturated heterocycles. The summed E-state index contributed by atoms with van der Waals surface area (Å²) in [5, 5.41) is 0.955. The molecular formula is C23H21ClFN3O5S3. The fraction of sp³-hybridized carbons (Fsp3) is 0.174. The average molecular weight is 570 g/mol. The summed E-state index contributed by atoms with van der Waals surface area (Å²) in [6.07, 6.45) is 1.53. The van der Waals surface area contributed by atoms with E-state index in [4.69, 9.17) is 11.6 Å². The van der Waals surface area contributed by atoms with Crippen LogP contribution < -0.4 is 14.3 Å². The summed E-state index contributed by atoms with van der Waals surface area (Å²) in [5.74, 6) is -1.33. The van der Waals surface area contributed by atoms with Crippen LogP contribution >= 0.6 is 22.9 Å². The number of nitrogens with one attached hydrogen (secondary N) is 2. The fourth-order valence-corrected chi connectivity index (χ4v) is 6.81. The molecule has 2 N–H and O–H groups in total. The summed E-state index contributed by atoms with van der Waals surface area (Å²) in [5.41, 5.74) is 0.589. The molecule has 1 aromatic heterocycles. The molecule has 4 rings (SSSR count). The highest BCUT2D eigenvalue weighted by Gasteiger charge is 2.36. The first-order valence-corrected chi connectivity index (χ1v) is 14.8. The van der Waals surface area contributed by atoms with E-state index in [9.17, 15) is 21.6 Å². The van der Waals surface area contributed by atoms with Gasteiger partial charge in [0.2, 0.25) is 26.0 Å². The van der Waals surface area contributed by atoms with Crippen LogP contribution in [-0.4, -0.2) is 42.4 Å². The lowest BCUT2D eigenvalue weighted by atomic mass is 10.0. The van der Waals surface area contributed by atoms with Gasteiger partial charge in [-0.25, -0.2) is 25.9 Å². The Balaban J connectivity index is 1.53. The Morgan fingerprint density at radius 3 is 2.53 bits per heavy atom. The molecular weight excluding hydrogens is 549 g/mol. The molecule has 0 aliphatic carbocycles. The zero-order valence-electron chi connectivity index (χ0n) is 18.8. The molecule has 0 unspecified atom stereocenters. The van der Waals surface area contributed by atoms with Gasteiger partial charge >= 0.3 is 0 Å². The van der Waals surface area contributed by atoms with Crippen molar-refractivity contribution in [3.05, 3.63) is 75.0 Å². The van der Waals surface area contributed by atoms with Crippen molar-refractivity contribution in [1.82, 2.24) is 9.44 Å². The third-order valence-corrected chi connectivity index (χ3v) is 9.29. The van der Waals surface area contributed by atoms with Crippen molar-refractivity contribution >= 4 is 60.7 Å². The molecule has 8 nitrogen and oxygen atoms in total. The number of benzene rings is 2. The summed E-state index contributed by atoms with van der Waals surface area (Å²) in [7, 11) is -6.44. The van der Waals surface area contributed by atoms with E-state index in [2.05, 4.69) is 9.44 Å². The van der Waals surface area contributed by atoms with E-state index in [1.807, 2.05) is 0 Å². The molecule has 1 aliphatic heterocycles. The molecule has 0 spiro atoms. The van der Waals surface area contributed by atoms with E-state index >= 15 is 4.39 Å². The molecule has 1 atom stereocenters. The molecule has 36 heavy (non-hydrogen) atoms. The van der Waals surface area contributed by atoms with Gasteiger partial charge in [-0.05, 0) is 55.4 Å². The maximum atomic E-state index is 15.1. The van der Waals surface area contributed by atoms with Crippen molar-refractivity contribution in [2.24, 2.45) is 0 Å². The summed E-state index contributed by atoms with van der Waals surface area (Å²) >= 11 is 7.05. The van der Waals surface area contributed by atoms with Gasteiger partial charge in [0.25, 0.3) is 0 Å². The minimum absolute atomic E-state index is 0.00996. The molecule has 1 fully saturated rings. The van der Waals surface area contributed by atoms with Crippen LogP contribution in [0.3, 0.4) is 0 Å². The molecule has 190 valence electrons. The molecule has 2 heterocycles. The number of hydrogen-bond acceptors (Lipinski definition) is 6. The highest BCUT2D eigenvalue weighted by molar-refractivity contribution is 7.92. The lowest BCUT2D eigenvalue weighted by Gasteiger charge is -2.19. The number of sulfonamides is 2. The predicted octanol–water partition coefficient (Wildman–Crippen LogP) is 3.81. The molecule has 1 aliphatic rings. The quantitative estimate of drug-likeness (QED) is 0.428. The third kappa shape index (κ3) is 5.69. The highest BCUT2D eigenvalue weighted by Crippen LogP contribution is 2.32. The van der Waals surface area contributed by atoms with Gasteiger partial charge in [-0.1, -0.05) is 35.9 Å². The normalized spacial score (nSPS) is 16.8. The van der Waals surface area contributed by atoms with Crippen molar-refractivity contribution in [1.29, 1.82) is 0 Å². The fourth-order valence-electron chi connectivity index (χ4n) is 3.78. The van der Waals surface area contributed by atoms with E-state index in [1.54, 1.807) is 30.3 Å². The van der Waals surface area contributed by atoms with Crippen molar-refractivity contribution in [2.75, 3.05) is 18.5 Å². The van der Waals surface area contributed by atoms with Crippen molar-refractivity contribution in [2.45, 2.75) is 17.4 Å². The minimum Gasteiger partial charge on any atom is -0.308 e. The second-order valence-electron chi connectivity index (χ2n) is 7.81. The largest absolute Gasteiger partial charge is 0.308 e. The number of nitrogens with zero attached hydrogens (tertiary/aromatic N) is 1. The smallest absolute Gasteiger partial charge is 0.245 e. The van der Waals surface area contributed by atoms with Gasteiger partial charge in [0.15, 0.2) is 0 Å². The van der Waals surface area contributed by atoms with E-state index in [1.165, 1.54) is 47.6 Å². The first-order valence-electron chi connectivity index (χ1n) is 10.6. The Morgan fingerprint density at radius 2 is 1.86 bits per heavy atom. The van der Waals surface area contributed by atoms with E-state index in [-0.39, 0.29) is 23.5 Å². The lowest BCUT2D eigenvalue weighted by Crippen LogP contribution is -2.40. The maximum Gasteiger partial charge on any atom is 0.245 e. The van der Waals surface area contributed by atoms with Crippen LogP contribution in [0.15, 0.2) is 64.9 Å². The number of rotatable bonds is 8. The van der Waals surface area contributed by atoms with Crippen LogP contribution in [-0.2, 0) is 24.8 Å². The molecule has 2 aromatic carbocycles. The predicted molar refractivity (Wildman–Crippen MR) is 139 cm³/mol. The first kappa shape index (κ1) is 26.5. The second kappa shape index (κ2) is 10.4. The summed E-state index contributed by atoms with van der Waals surface area (Å²) in [4.78, 5) is 14.7. The summed E-state index contributed by atoms with van der Waals surface area (Å²) < 4.78 is 69.8. The maximum absolute atomic E-state index is 15.1. The Labute approximate surface area is 217 Å². The number of thiophene rings is 1. The summed E-state index contributed by atoms with van der Waals surface area (Å²) in [6, 6.07) is 12.5. The number of carbonyl (C=O) groups excluding carboxylic acids is 1. The highest BCUT2D eigenvalue weighted by atomic mass is 35.5. The number of amides is 1. The van der Waals surface area contributed by atoms with Crippen LogP contribution in [0.4, 0.5) is 10.1 Å². The van der Waals surface area contributed by atoms with Gasteiger partial charge in [-0.15, -0.1) is 11.3 Å². The van der Waals surface area contributed by atoms with Crippen LogP contribution in [0.5, 0.6) is 0 Å². The van der Waals surface area contributed by atoms with E-state index in [0.29, 0.717) is 20.3 Å². The number of anilines is 1. The van der Waals surface area contributed by atoms with Gasteiger partial charge in [0, 0.05) is 22.4 Å². The number of carbonyl (C=O) groups is 1. The average Bonchev–Trinajstić information content (AvgIpc) is 3.42. The molecule has 0 saturated carbocycles. The topological polar surface area (TPSA) is 113 Å².